The molecule has 156 valence electrons. The first-order valence-electron chi connectivity index (χ1n) is 10.8. The molecule has 0 heterocycles. The summed E-state index contributed by atoms with van der Waals surface area (Å²) in [5.41, 5.74) is 0. The maximum atomic E-state index is 6.45. The molecule has 2 aromatic carbocycles. The van der Waals surface area contributed by atoms with Crippen LogP contribution in [0.15, 0.2) is 42.5 Å². The van der Waals surface area contributed by atoms with Crippen LogP contribution >= 0.6 is 0 Å². The second-order valence-corrected chi connectivity index (χ2v) is 9.11. The lowest BCUT2D eigenvalue weighted by Crippen LogP contribution is -2.52. The molecule has 0 spiro atoms. The van der Waals surface area contributed by atoms with Crippen molar-refractivity contribution in [1.29, 1.82) is 0 Å². The summed E-state index contributed by atoms with van der Waals surface area (Å²) in [5, 5.41) is 2.19. The molecule has 0 atom stereocenters. The van der Waals surface area contributed by atoms with Gasteiger partial charge in [-0.2, -0.15) is 0 Å². The Kier molecular flexibility index (Phi) is 10.6. The zero-order chi connectivity index (χ0) is 20.1. The molecule has 0 bridgehead atoms. The van der Waals surface area contributed by atoms with E-state index in [2.05, 4.69) is 39.0 Å². The van der Waals surface area contributed by atoms with E-state index in [-0.39, 0.29) is 0 Å². The Bertz CT molecular complexity index is 659. The van der Waals surface area contributed by atoms with E-state index in [1.807, 2.05) is 24.3 Å². The summed E-state index contributed by atoms with van der Waals surface area (Å²) in [6.07, 6.45) is 7.41. The minimum Gasteiger partial charge on any atom is -0.479 e. The van der Waals surface area contributed by atoms with Gasteiger partial charge in [-0.15, -0.1) is 0 Å². The van der Waals surface area contributed by atoms with Crippen LogP contribution < -0.4 is 4.43 Å². The van der Waals surface area contributed by atoms with Gasteiger partial charge >= 0.3 is 9.05 Å². The smallest absolute Gasteiger partial charge is 0.479 e. The van der Waals surface area contributed by atoms with Crippen LogP contribution in [0.2, 0.25) is 0 Å². The van der Waals surface area contributed by atoms with Gasteiger partial charge in [-0.05, 0) is 30.7 Å². The number of rotatable bonds is 15. The highest BCUT2D eigenvalue weighted by Gasteiger charge is 2.48. The minimum absolute atomic E-state index is 0.568. The van der Waals surface area contributed by atoms with Gasteiger partial charge in [0.15, 0.2) is 0 Å². The van der Waals surface area contributed by atoms with Gasteiger partial charge in [0.2, 0.25) is 0 Å². The summed E-state index contributed by atoms with van der Waals surface area (Å²) in [7, 11) is -3.27. The number of unbranched alkanes of at least 4 members (excludes halogenated alkanes) is 4. The topological polar surface area (TPSA) is 36.9 Å². The fourth-order valence-electron chi connectivity index (χ4n) is 2.96. The Morgan fingerprint density at radius 1 is 0.643 bits per heavy atom. The highest BCUT2D eigenvalue weighted by Crippen LogP contribution is 2.29. The van der Waals surface area contributed by atoms with Crippen molar-refractivity contribution in [3.8, 4) is 5.75 Å². The predicted octanol–water partition coefficient (Wildman–Crippen LogP) is 6.49. The third-order valence-corrected chi connectivity index (χ3v) is 6.66. The van der Waals surface area contributed by atoms with Gasteiger partial charge in [0.05, 0.1) is 0 Å². The van der Waals surface area contributed by atoms with Crippen LogP contribution in [0.4, 0.5) is 0 Å². The van der Waals surface area contributed by atoms with Gasteiger partial charge in [-0.3, -0.25) is 0 Å². The van der Waals surface area contributed by atoms with Crippen molar-refractivity contribution in [2.75, 3.05) is 19.8 Å². The fourth-order valence-corrected chi connectivity index (χ4v) is 5.08. The Balaban J connectivity index is 2.23. The highest BCUT2D eigenvalue weighted by molar-refractivity contribution is 6.54. The summed E-state index contributed by atoms with van der Waals surface area (Å²) in [4.78, 5) is 0. The van der Waals surface area contributed by atoms with Crippen molar-refractivity contribution in [3.05, 3.63) is 42.5 Å². The van der Waals surface area contributed by atoms with Crippen LogP contribution in [-0.2, 0) is 13.3 Å². The Hall–Kier alpha value is -1.40. The minimum atomic E-state index is -3.27. The Morgan fingerprint density at radius 3 is 1.89 bits per heavy atom. The molecule has 0 aromatic heterocycles. The summed E-state index contributed by atoms with van der Waals surface area (Å²) in [6.45, 7) is 8.23. The van der Waals surface area contributed by atoms with Gasteiger partial charge in [0.25, 0.3) is 0 Å². The van der Waals surface area contributed by atoms with Gasteiger partial charge in [-0.25, -0.2) is 0 Å². The normalized spacial score (nSPS) is 11.8. The molecule has 0 aliphatic rings. The lowest BCUT2D eigenvalue weighted by atomic mass is 10.1. The van der Waals surface area contributed by atoms with Crippen LogP contribution in [0.3, 0.4) is 0 Å². The molecule has 5 heteroatoms. The first-order valence-corrected chi connectivity index (χ1v) is 12.5. The molecule has 0 unspecified atom stereocenters. The van der Waals surface area contributed by atoms with E-state index in [0.717, 1.165) is 61.5 Å². The van der Waals surface area contributed by atoms with E-state index in [1.165, 1.54) is 0 Å². The molecule has 0 saturated heterocycles. The lowest BCUT2D eigenvalue weighted by Gasteiger charge is -2.29. The van der Waals surface area contributed by atoms with Gasteiger partial charge in [0, 0.05) is 25.2 Å². The quantitative estimate of drug-likeness (QED) is 0.251. The van der Waals surface area contributed by atoms with E-state index in [9.17, 15) is 0 Å². The van der Waals surface area contributed by atoms with Crippen LogP contribution in [0.25, 0.3) is 10.8 Å². The molecule has 0 fully saturated rings. The van der Waals surface area contributed by atoms with Crippen LogP contribution in [0.5, 0.6) is 5.75 Å². The van der Waals surface area contributed by atoms with Crippen molar-refractivity contribution in [2.45, 2.75) is 65.7 Å². The SMILES string of the molecule is CCCCCO[Si](OCCC)(OCCCCC)Oc1cccc2ccccc12. The molecule has 0 aliphatic heterocycles. The van der Waals surface area contributed by atoms with Crippen LogP contribution in [0.1, 0.15) is 65.7 Å². The first-order chi connectivity index (χ1) is 13.7. The summed E-state index contributed by atoms with van der Waals surface area (Å²) in [6, 6.07) is 14.3. The molecule has 0 N–H and O–H groups in total. The van der Waals surface area contributed by atoms with Gasteiger partial charge in [0.1, 0.15) is 5.75 Å². The number of hydrogen-bond acceptors (Lipinski definition) is 4. The third-order valence-electron chi connectivity index (χ3n) is 4.52. The molecule has 4 nitrogen and oxygen atoms in total. The van der Waals surface area contributed by atoms with Crippen molar-refractivity contribution < 1.29 is 17.7 Å². The number of benzene rings is 2. The molecule has 0 saturated carbocycles. The summed E-state index contributed by atoms with van der Waals surface area (Å²) >= 11 is 0. The van der Waals surface area contributed by atoms with Crippen molar-refractivity contribution >= 4 is 19.8 Å². The van der Waals surface area contributed by atoms with E-state index >= 15 is 0 Å². The van der Waals surface area contributed by atoms with E-state index < -0.39 is 9.05 Å². The third kappa shape index (κ3) is 7.21. The average Bonchev–Trinajstić information content (AvgIpc) is 2.73. The first kappa shape index (κ1) is 22.9. The van der Waals surface area contributed by atoms with Crippen molar-refractivity contribution in [3.63, 3.8) is 0 Å². The maximum absolute atomic E-state index is 6.45. The molecule has 0 aliphatic carbocycles. The fraction of sp³-hybridized carbons (Fsp3) is 0.565. The monoisotopic (exact) mass is 404 g/mol. The van der Waals surface area contributed by atoms with E-state index in [1.54, 1.807) is 0 Å². The van der Waals surface area contributed by atoms with Gasteiger partial charge in [-0.1, -0.05) is 82.9 Å². The summed E-state index contributed by atoms with van der Waals surface area (Å²) < 4.78 is 25.1. The molecule has 2 rings (SSSR count). The van der Waals surface area contributed by atoms with Crippen LogP contribution in [-0.4, -0.2) is 28.9 Å². The van der Waals surface area contributed by atoms with Crippen molar-refractivity contribution in [1.82, 2.24) is 0 Å². The van der Waals surface area contributed by atoms with Crippen LogP contribution in [0, 0.1) is 0 Å². The second kappa shape index (κ2) is 12.9. The number of fused-ring (bicyclic) bond motifs is 1. The number of hydrogen-bond donors (Lipinski definition) is 0. The largest absolute Gasteiger partial charge is 0.749 e. The molecule has 28 heavy (non-hydrogen) atoms. The van der Waals surface area contributed by atoms with E-state index in [4.69, 9.17) is 17.7 Å². The Labute approximate surface area is 171 Å². The average molecular weight is 405 g/mol. The predicted molar refractivity (Wildman–Crippen MR) is 118 cm³/mol. The maximum Gasteiger partial charge on any atom is 0.749 e. The second-order valence-electron chi connectivity index (χ2n) is 7.04. The van der Waals surface area contributed by atoms with E-state index in [0.29, 0.717) is 19.8 Å². The molecule has 0 radical (unpaired) electrons. The molecular weight excluding hydrogens is 368 g/mol. The zero-order valence-corrected chi connectivity index (χ0v) is 18.7. The Morgan fingerprint density at radius 2 is 1.25 bits per heavy atom. The molecule has 0 amide bonds. The molecular formula is C23H36O4Si. The lowest BCUT2D eigenvalue weighted by molar-refractivity contribution is -0.000962. The molecule has 2 aromatic rings. The zero-order valence-electron chi connectivity index (χ0n) is 17.7. The summed E-state index contributed by atoms with van der Waals surface area (Å²) in [5.74, 6) is 0.770. The highest BCUT2D eigenvalue weighted by atomic mass is 28.4. The standard InChI is InChI=1S/C23H36O4Si/c1-4-7-11-19-25-28(24-18-6-3,26-20-12-8-5-2)27-23-17-13-15-21-14-9-10-16-22(21)23/h9-10,13-17H,4-8,11-12,18-20H2,1-3H3. The van der Waals surface area contributed by atoms with Crippen molar-refractivity contribution in [2.24, 2.45) is 0 Å². The van der Waals surface area contributed by atoms with Gasteiger partial charge < -0.3 is 17.7 Å².